The summed E-state index contributed by atoms with van der Waals surface area (Å²) in [5, 5.41) is 22.1. The number of cyclic esters (lactones) is 1. The van der Waals surface area contributed by atoms with Crippen LogP contribution in [0.2, 0.25) is 0 Å². The van der Waals surface area contributed by atoms with Gasteiger partial charge in [-0.3, -0.25) is 14.6 Å². The molecule has 4 rings (SSSR count). The van der Waals surface area contributed by atoms with Gasteiger partial charge in [-0.2, -0.15) is 0 Å². The minimum atomic E-state index is -1.18. The second-order valence-corrected chi connectivity index (χ2v) is 11.6. The van der Waals surface area contributed by atoms with E-state index in [2.05, 4.69) is 4.98 Å². The van der Waals surface area contributed by atoms with Gasteiger partial charge in [0, 0.05) is 12.1 Å². The molecule has 0 radical (unpaired) electrons. The number of aromatic nitrogens is 1. The number of carbonyl (C=O) groups is 2. The molecular weight excluding hydrogens is 430 g/mol. The summed E-state index contributed by atoms with van der Waals surface area (Å²) in [6.07, 6.45) is 5.82. The molecule has 2 saturated carbocycles. The van der Waals surface area contributed by atoms with Crippen LogP contribution >= 0.6 is 0 Å². The zero-order valence-corrected chi connectivity index (χ0v) is 21.1. The molecule has 2 N–H and O–H groups in total. The molecule has 186 valence electrons. The van der Waals surface area contributed by atoms with Crippen molar-refractivity contribution in [3.63, 3.8) is 0 Å². The fourth-order valence-electron chi connectivity index (χ4n) is 6.46. The highest BCUT2D eigenvalue weighted by molar-refractivity contribution is 5.88. The Morgan fingerprint density at radius 3 is 2.65 bits per heavy atom. The number of nitrogens with zero attached hydrogens (tertiary/aromatic N) is 1. The van der Waals surface area contributed by atoms with Gasteiger partial charge in [0.15, 0.2) is 0 Å². The van der Waals surface area contributed by atoms with Crippen LogP contribution in [-0.2, 0) is 14.3 Å². The van der Waals surface area contributed by atoms with Gasteiger partial charge < -0.3 is 14.9 Å². The quantitative estimate of drug-likeness (QED) is 0.629. The molecule has 6 heteroatoms. The Kier molecular flexibility index (Phi) is 6.78. The summed E-state index contributed by atoms with van der Waals surface area (Å²) < 4.78 is 5.95. The second kappa shape index (κ2) is 9.19. The summed E-state index contributed by atoms with van der Waals surface area (Å²) in [6.45, 7) is 9.03. The van der Waals surface area contributed by atoms with Gasteiger partial charge in [0.2, 0.25) is 0 Å². The molecule has 34 heavy (non-hydrogen) atoms. The van der Waals surface area contributed by atoms with Gasteiger partial charge in [-0.25, -0.2) is 0 Å². The first-order valence-corrected chi connectivity index (χ1v) is 12.7. The Balaban J connectivity index is 1.66. The summed E-state index contributed by atoms with van der Waals surface area (Å²) in [5.41, 5.74) is 1.65. The van der Waals surface area contributed by atoms with Crippen LogP contribution in [0.5, 0.6) is 0 Å². The lowest BCUT2D eigenvalue weighted by molar-refractivity contribution is -0.154. The number of aryl methyl sites for hydroxylation is 1. The van der Waals surface area contributed by atoms with Crippen molar-refractivity contribution in [3.05, 3.63) is 35.2 Å². The van der Waals surface area contributed by atoms with Crippen molar-refractivity contribution in [1.29, 1.82) is 0 Å². The monoisotopic (exact) mass is 469 g/mol. The number of pyridine rings is 1. The maximum Gasteiger partial charge on any atom is 0.309 e. The Hall–Kier alpha value is -2.05. The maximum absolute atomic E-state index is 13.3. The van der Waals surface area contributed by atoms with E-state index in [1.54, 1.807) is 20.8 Å². The number of aliphatic hydroxyl groups is 2. The van der Waals surface area contributed by atoms with Crippen molar-refractivity contribution < 1.29 is 24.5 Å². The molecule has 1 aliphatic heterocycles. The molecule has 0 aromatic carbocycles. The summed E-state index contributed by atoms with van der Waals surface area (Å²) >= 11 is 0. The number of esters is 1. The van der Waals surface area contributed by atoms with Crippen LogP contribution in [0.3, 0.4) is 0 Å². The minimum absolute atomic E-state index is 0.0117. The van der Waals surface area contributed by atoms with Gasteiger partial charge >= 0.3 is 5.97 Å². The van der Waals surface area contributed by atoms with E-state index in [-0.39, 0.29) is 23.5 Å². The van der Waals surface area contributed by atoms with E-state index in [4.69, 9.17) is 4.74 Å². The lowest BCUT2D eigenvalue weighted by Crippen LogP contribution is -2.46. The van der Waals surface area contributed by atoms with Crippen LogP contribution in [0.1, 0.15) is 77.5 Å². The SMILES string of the molecule is C/C(=C\c1ccc(C)cn1)[C@@H]1C[C@@H]2C[C@@]23CCCC3[C@H](O)[C@@H](C)C(=O)C(C)(C)[C@@H](O)CC(=O)O1. The largest absolute Gasteiger partial charge is 0.458 e. The Morgan fingerprint density at radius 2 is 1.97 bits per heavy atom. The molecular formula is C28H39NO5. The van der Waals surface area contributed by atoms with E-state index < -0.39 is 35.6 Å². The summed E-state index contributed by atoms with van der Waals surface area (Å²) in [7, 11) is 0. The van der Waals surface area contributed by atoms with Crippen molar-refractivity contribution in [1.82, 2.24) is 4.98 Å². The first-order chi connectivity index (χ1) is 16.0. The van der Waals surface area contributed by atoms with Crippen LogP contribution in [0.15, 0.2) is 23.9 Å². The normalized spacial score (nSPS) is 38.6. The zero-order valence-electron chi connectivity index (χ0n) is 21.1. The van der Waals surface area contributed by atoms with Gasteiger partial charge in [0.1, 0.15) is 11.9 Å². The van der Waals surface area contributed by atoms with Crippen LogP contribution in [0.4, 0.5) is 0 Å². The first kappa shape index (κ1) is 25.1. The number of ketones is 1. The third-order valence-corrected chi connectivity index (χ3v) is 8.93. The third kappa shape index (κ3) is 4.59. The van der Waals surface area contributed by atoms with Gasteiger partial charge in [-0.05, 0) is 80.1 Å². The third-order valence-electron chi connectivity index (χ3n) is 8.93. The van der Waals surface area contributed by atoms with Crippen molar-refractivity contribution in [2.75, 3.05) is 0 Å². The van der Waals surface area contributed by atoms with Crippen LogP contribution in [0.25, 0.3) is 6.08 Å². The number of rotatable bonds is 2. The number of Topliss-reactive ketones (excluding diaryl/α,β-unsaturated/α-hetero) is 1. The fourth-order valence-corrected chi connectivity index (χ4v) is 6.46. The molecule has 3 aliphatic rings. The van der Waals surface area contributed by atoms with Gasteiger partial charge in [-0.15, -0.1) is 0 Å². The summed E-state index contributed by atoms with van der Waals surface area (Å²) in [6, 6.07) is 3.95. The number of hydrogen-bond donors (Lipinski definition) is 2. The van der Waals surface area contributed by atoms with E-state index >= 15 is 0 Å². The van der Waals surface area contributed by atoms with Gasteiger partial charge in [0.25, 0.3) is 0 Å². The molecule has 1 aromatic heterocycles. The van der Waals surface area contributed by atoms with Crippen molar-refractivity contribution in [3.8, 4) is 0 Å². The molecule has 1 spiro atoms. The van der Waals surface area contributed by atoms with Crippen LogP contribution in [0, 0.1) is 35.5 Å². The van der Waals surface area contributed by atoms with E-state index in [9.17, 15) is 19.8 Å². The van der Waals surface area contributed by atoms with Gasteiger partial charge in [0.05, 0.1) is 29.7 Å². The van der Waals surface area contributed by atoms with Crippen molar-refractivity contribution in [2.24, 2.45) is 28.6 Å². The summed E-state index contributed by atoms with van der Waals surface area (Å²) in [4.78, 5) is 30.7. The molecule has 3 fully saturated rings. The Labute approximate surface area is 202 Å². The number of carbonyl (C=O) groups excluding carboxylic acids is 2. The molecule has 1 unspecified atom stereocenters. The Morgan fingerprint density at radius 1 is 1.24 bits per heavy atom. The average molecular weight is 470 g/mol. The summed E-state index contributed by atoms with van der Waals surface area (Å²) in [5.74, 6) is -0.898. The molecule has 0 bridgehead atoms. The zero-order chi connectivity index (χ0) is 24.8. The lowest BCUT2D eigenvalue weighted by atomic mass is 9.71. The molecule has 1 saturated heterocycles. The van der Waals surface area contributed by atoms with E-state index in [0.29, 0.717) is 12.3 Å². The molecule has 0 amide bonds. The predicted molar refractivity (Wildman–Crippen MR) is 130 cm³/mol. The van der Waals surface area contributed by atoms with Crippen molar-refractivity contribution in [2.45, 2.75) is 91.5 Å². The highest BCUT2D eigenvalue weighted by atomic mass is 16.5. The first-order valence-electron chi connectivity index (χ1n) is 12.7. The van der Waals surface area contributed by atoms with Crippen LogP contribution < -0.4 is 0 Å². The molecule has 1 aromatic rings. The molecule has 6 nitrogen and oxygen atoms in total. The maximum atomic E-state index is 13.3. The Bertz CT molecular complexity index is 968. The number of ether oxygens (including phenoxy) is 1. The topological polar surface area (TPSA) is 96.7 Å². The molecule has 2 aliphatic carbocycles. The van der Waals surface area contributed by atoms with Gasteiger partial charge in [-0.1, -0.05) is 33.3 Å². The fraction of sp³-hybridized carbons (Fsp3) is 0.679. The lowest BCUT2D eigenvalue weighted by Gasteiger charge is -2.35. The number of hydrogen-bond acceptors (Lipinski definition) is 6. The standard InChI is InChI=1S/C28H39NO5/c1-16-8-9-20(29-15-16)11-17(2)22-12-19-14-28(19)10-6-7-21(28)25(32)18(3)26(33)27(4,5)23(30)13-24(31)34-22/h8-9,11,15,18-19,21-23,25,30,32H,6-7,10,12-14H2,1-5H3/b17-11+/t18-,19-,21?,22+,23+,25-,28+/m1/s1. The smallest absolute Gasteiger partial charge is 0.309 e. The highest BCUT2D eigenvalue weighted by Gasteiger charge is 2.63. The molecule has 7 atom stereocenters. The second-order valence-electron chi connectivity index (χ2n) is 11.6. The van der Waals surface area contributed by atoms with E-state index in [1.807, 2.05) is 38.3 Å². The van der Waals surface area contributed by atoms with E-state index in [1.165, 1.54) is 0 Å². The predicted octanol–water partition coefficient (Wildman–Crippen LogP) is 4.26. The highest BCUT2D eigenvalue weighted by Crippen LogP contribution is 2.68. The minimum Gasteiger partial charge on any atom is -0.458 e. The van der Waals surface area contributed by atoms with Crippen molar-refractivity contribution >= 4 is 17.8 Å². The van der Waals surface area contributed by atoms with E-state index in [0.717, 1.165) is 42.5 Å². The molecule has 2 heterocycles. The number of aliphatic hydroxyl groups excluding tert-OH is 2. The van der Waals surface area contributed by atoms with Crippen LogP contribution in [-0.4, -0.2) is 45.3 Å². The average Bonchev–Trinajstić information content (AvgIpc) is 3.29.